The molecular weight excluding hydrogens is 317 g/mol. The average molecular weight is 325 g/mol. The molecule has 0 aliphatic carbocycles. The van der Waals surface area contributed by atoms with E-state index in [4.69, 9.17) is 34.8 Å². The molecule has 3 rings (SSSR count). The highest BCUT2D eigenvalue weighted by Gasteiger charge is 2.24. The number of halogens is 3. The molecule has 5 heteroatoms. The molecule has 0 saturated heterocycles. The van der Waals surface area contributed by atoms with Crippen molar-refractivity contribution in [3.05, 3.63) is 62.6 Å². The van der Waals surface area contributed by atoms with E-state index in [-0.39, 0.29) is 5.91 Å². The van der Waals surface area contributed by atoms with Gasteiger partial charge in [0, 0.05) is 16.2 Å². The second-order valence-corrected chi connectivity index (χ2v) is 5.63. The van der Waals surface area contributed by atoms with Crippen LogP contribution < -0.4 is 5.32 Å². The lowest BCUT2D eigenvalue weighted by atomic mass is 10.0. The Bertz CT molecular complexity index is 753. The van der Waals surface area contributed by atoms with Gasteiger partial charge in [0.15, 0.2) is 0 Å². The predicted molar refractivity (Wildman–Crippen MR) is 84.4 cm³/mol. The van der Waals surface area contributed by atoms with Gasteiger partial charge in [-0.05, 0) is 35.9 Å². The van der Waals surface area contributed by atoms with Crippen molar-refractivity contribution in [3.8, 4) is 0 Å². The number of benzene rings is 2. The van der Waals surface area contributed by atoms with E-state index in [1.807, 2.05) is 12.1 Å². The zero-order chi connectivity index (χ0) is 14.3. The second-order valence-electron chi connectivity index (χ2n) is 4.38. The van der Waals surface area contributed by atoms with Gasteiger partial charge in [-0.25, -0.2) is 0 Å². The van der Waals surface area contributed by atoms with Crippen LogP contribution in [0.25, 0.3) is 11.6 Å². The quantitative estimate of drug-likeness (QED) is 0.723. The van der Waals surface area contributed by atoms with Crippen molar-refractivity contribution in [2.45, 2.75) is 0 Å². The van der Waals surface area contributed by atoms with E-state index < -0.39 is 0 Å². The molecule has 0 unspecified atom stereocenters. The number of fused-ring (bicyclic) bond motifs is 1. The molecule has 20 heavy (non-hydrogen) atoms. The monoisotopic (exact) mass is 323 g/mol. The molecule has 1 aliphatic heterocycles. The Morgan fingerprint density at radius 2 is 1.75 bits per heavy atom. The topological polar surface area (TPSA) is 29.1 Å². The zero-order valence-corrected chi connectivity index (χ0v) is 12.4. The van der Waals surface area contributed by atoms with Crippen LogP contribution in [-0.4, -0.2) is 5.91 Å². The Balaban J connectivity index is 2.08. The number of anilines is 1. The van der Waals surface area contributed by atoms with Gasteiger partial charge in [-0.15, -0.1) is 0 Å². The summed E-state index contributed by atoms with van der Waals surface area (Å²) in [5.74, 6) is -0.159. The molecule has 100 valence electrons. The normalized spacial score (nSPS) is 15.3. The van der Waals surface area contributed by atoms with Gasteiger partial charge >= 0.3 is 0 Å². The number of hydrogen-bond donors (Lipinski definition) is 1. The predicted octanol–water partition coefficient (Wildman–Crippen LogP) is 5.14. The van der Waals surface area contributed by atoms with Crippen LogP contribution in [0.5, 0.6) is 0 Å². The van der Waals surface area contributed by atoms with Crippen LogP contribution >= 0.6 is 34.8 Å². The first kappa shape index (κ1) is 13.5. The molecular formula is C15H8Cl3NO. The summed E-state index contributed by atoms with van der Waals surface area (Å²) >= 11 is 17.8. The molecule has 2 aromatic carbocycles. The minimum absolute atomic E-state index is 0.159. The maximum absolute atomic E-state index is 12.0. The summed E-state index contributed by atoms with van der Waals surface area (Å²) in [6.07, 6.45) is 1.78. The lowest BCUT2D eigenvalue weighted by Gasteiger charge is -2.01. The highest BCUT2D eigenvalue weighted by Crippen LogP contribution is 2.35. The first-order valence-electron chi connectivity index (χ1n) is 5.82. The van der Waals surface area contributed by atoms with Crippen LogP contribution in [0.2, 0.25) is 15.1 Å². The summed E-state index contributed by atoms with van der Waals surface area (Å²) in [6, 6.07) is 10.5. The largest absolute Gasteiger partial charge is 0.321 e. The van der Waals surface area contributed by atoms with Crippen molar-refractivity contribution in [3.63, 3.8) is 0 Å². The maximum Gasteiger partial charge on any atom is 0.256 e. The van der Waals surface area contributed by atoms with Gasteiger partial charge in [0.25, 0.3) is 5.91 Å². The molecule has 0 atom stereocenters. The van der Waals surface area contributed by atoms with Gasteiger partial charge in [-0.3, -0.25) is 4.79 Å². The molecule has 1 N–H and O–H groups in total. The number of carbonyl (C=O) groups is 1. The lowest BCUT2D eigenvalue weighted by molar-refractivity contribution is -0.110. The smallest absolute Gasteiger partial charge is 0.256 e. The minimum atomic E-state index is -0.159. The summed E-state index contributed by atoms with van der Waals surface area (Å²) < 4.78 is 0. The van der Waals surface area contributed by atoms with E-state index in [1.165, 1.54) is 0 Å². The molecule has 0 bridgehead atoms. The van der Waals surface area contributed by atoms with Gasteiger partial charge in [0.2, 0.25) is 0 Å². The van der Waals surface area contributed by atoms with E-state index in [2.05, 4.69) is 5.32 Å². The molecule has 1 aliphatic rings. The number of carbonyl (C=O) groups excluding carboxylic acids is 1. The zero-order valence-electron chi connectivity index (χ0n) is 10.1. The molecule has 0 radical (unpaired) electrons. The van der Waals surface area contributed by atoms with Gasteiger partial charge in [-0.2, -0.15) is 0 Å². The van der Waals surface area contributed by atoms with Crippen molar-refractivity contribution >= 4 is 58.0 Å². The minimum Gasteiger partial charge on any atom is -0.321 e. The fourth-order valence-corrected chi connectivity index (χ4v) is 2.56. The standard InChI is InChI=1S/C15H8Cl3NO/c16-9-2-3-10-11(15(20)19-14(10)7-9)5-8-1-4-12(17)13(18)6-8/h1-7H,(H,19,20). The lowest BCUT2D eigenvalue weighted by Crippen LogP contribution is -2.03. The molecule has 0 spiro atoms. The number of rotatable bonds is 1. The maximum atomic E-state index is 12.0. The highest BCUT2D eigenvalue weighted by molar-refractivity contribution is 6.42. The van der Waals surface area contributed by atoms with E-state index >= 15 is 0 Å². The van der Waals surface area contributed by atoms with Crippen LogP contribution in [0.3, 0.4) is 0 Å². The van der Waals surface area contributed by atoms with E-state index in [0.717, 1.165) is 11.1 Å². The Labute approximate surface area is 131 Å². The summed E-state index contributed by atoms with van der Waals surface area (Å²) in [5.41, 5.74) is 2.93. The van der Waals surface area contributed by atoms with Crippen LogP contribution in [0.1, 0.15) is 11.1 Å². The average Bonchev–Trinajstić information content (AvgIpc) is 2.69. The highest BCUT2D eigenvalue weighted by atomic mass is 35.5. The van der Waals surface area contributed by atoms with Crippen LogP contribution in [0.15, 0.2) is 36.4 Å². The van der Waals surface area contributed by atoms with Crippen LogP contribution in [0, 0.1) is 0 Å². The van der Waals surface area contributed by atoms with Gasteiger partial charge in [0.05, 0.1) is 15.7 Å². The SMILES string of the molecule is O=C1Nc2cc(Cl)ccc2C1=Cc1ccc(Cl)c(Cl)c1. The second kappa shape index (κ2) is 5.13. The van der Waals surface area contributed by atoms with Gasteiger partial charge in [-0.1, -0.05) is 46.9 Å². The van der Waals surface area contributed by atoms with Crippen LogP contribution in [0.4, 0.5) is 5.69 Å². The van der Waals surface area contributed by atoms with Gasteiger partial charge in [0.1, 0.15) is 0 Å². The number of nitrogens with one attached hydrogen (secondary N) is 1. The van der Waals surface area contributed by atoms with Crippen molar-refractivity contribution in [2.24, 2.45) is 0 Å². The third-order valence-electron chi connectivity index (χ3n) is 3.02. The fourth-order valence-electron chi connectivity index (χ4n) is 2.08. The van der Waals surface area contributed by atoms with Crippen molar-refractivity contribution in [1.82, 2.24) is 0 Å². The third-order valence-corrected chi connectivity index (χ3v) is 3.99. The Kier molecular flexibility index (Phi) is 3.47. The summed E-state index contributed by atoms with van der Waals surface area (Å²) in [6.45, 7) is 0. The number of hydrogen-bond acceptors (Lipinski definition) is 1. The van der Waals surface area contributed by atoms with Crippen molar-refractivity contribution in [1.29, 1.82) is 0 Å². The van der Waals surface area contributed by atoms with E-state index in [9.17, 15) is 4.79 Å². The van der Waals surface area contributed by atoms with E-state index in [1.54, 1.807) is 30.3 Å². The molecule has 1 amide bonds. The molecule has 0 saturated carbocycles. The molecule has 2 nitrogen and oxygen atoms in total. The van der Waals surface area contributed by atoms with Crippen LogP contribution in [-0.2, 0) is 4.79 Å². The van der Waals surface area contributed by atoms with Crippen molar-refractivity contribution < 1.29 is 4.79 Å². The summed E-state index contributed by atoms with van der Waals surface area (Å²) in [7, 11) is 0. The number of amides is 1. The van der Waals surface area contributed by atoms with Crippen molar-refractivity contribution in [2.75, 3.05) is 5.32 Å². The Morgan fingerprint density at radius 1 is 0.950 bits per heavy atom. The fraction of sp³-hybridized carbons (Fsp3) is 0. The van der Waals surface area contributed by atoms with E-state index in [0.29, 0.717) is 26.3 Å². The first-order valence-corrected chi connectivity index (χ1v) is 6.96. The summed E-state index contributed by atoms with van der Waals surface area (Å²) in [4.78, 5) is 12.0. The Morgan fingerprint density at radius 3 is 2.50 bits per heavy atom. The molecule has 0 aromatic heterocycles. The molecule has 2 aromatic rings. The summed E-state index contributed by atoms with van der Waals surface area (Å²) in [5, 5.41) is 4.30. The third kappa shape index (κ3) is 2.42. The van der Waals surface area contributed by atoms with Gasteiger partial charge < -0.3 is 5.32 Å². The Hall–Kier alpha value is -1.48. The first-order chi connectivity index (χ1) is 9.54. The molecule has 0 fully saturated rings. The molecule has 1 heterocycles.